The predicted octanol–water partition coefficient (Wildman–Crippen LogP) is 1.65. The normalized spacial score (nSPS) is 7.82. The van der Waals surface area contributed by atoms with Crippen LogP contribution >= 0.6 is 17.0 Å². The highest BCUT2D eigenvalue weighted by atomic mass is 79.9. The Labute approximate surface area is 87.6 Å². The van der Waals surface area contributed by atoms with E-state index in [0.29, 0.717) is 0 Å². The van der Waals surface area contributed by atoms with Crippen molar-refractivity contribution in [3.05, 3.63) is 24.3 Å². The second kappa shape index (κ2) is 5.86. The van der Waals surface area contributed by atoms with E-state index in [1.54, 1.807) is 7.11 Å². The molecule has 11 heavy (non-hydrogen) atoms. The lowest BCUT2D eigenvalue weighted by molar-refractivity contribution is 0.415. The Morgan fingerprint density at radius 1 is 1.18 bits per heavy atom. The Hall–Kier alpha value is 0.266. The molecule has 0 N–H and O–H groups in total. The smallest absolute Gasteiger partial charge is 0.404 e. The summed E-state index contributed by atoms with van der Waals surface area (Å²) in [6.45, 7) is 0. The number of ether oxygens (including phenoxy) is 1. The van der Waals surface area contributed by atoms with Crippen LogP contribution in [-0.4, -0.2) is 27.5 Å². The summed E-state index contributed by atoms with van der Waals surface area (Å²) in [6.07, 6.45) is 0. The van der Waals surface area contributed by atoms with E-state index in [9.17, 15) is 0 Å². The monoisotopic (exact) mass is 226 g/mol. The van der Waals surface area contributed by atoms with Gasteiger partial charge in [0.2, 0.25) is 0 Å². The van der Waals surface area contributed by atoms with Gasteiger partial charge in [-0.05, 0) is 12.1 Å². The number of hydrogen-bond acceptors (Lipinski definition) is 1. The third-order valence-electron chi connectivity index (χ3n) is 1.57. The second-order valence-electron chi connectivity index (χ2n) is 2.20. The summed E-state index contributed by atoms with van der Waals surface area (Å²) in [4.78, 5) is 0. The van der Waals surface area contributed by atoms with Gasteiger partial charge in [-0.1, -0.05) is 12.1 Å². The SMILES string of the molecule is Br.COc1cc[c]([Mg][CH3])cc1. The highest BCUT2D eigenvalue weighted by Gasteiger charge is 1.91. The van der Waals surface area contributed by atoms with Crippen molar-refractivity contribution in [1.29, 1.82) is 0 Å². The highest BCUT2D eigenvalue weighted by Crippen LogP contribution is 2.04. The zero-order chi connectivity index (χ0) is 7.40. The van der Waals surface area contributed by atoms with E-state index in [1.807, 2.05) is 12.1 Å². The van der Waals surface area contributed by atoms with Crippen LogP contribution in [0, 0.1) is 0 Å². The molecule has 1 rings (SSSR count). The van der Waals surface area contributed by atoms with Gasteiger partial charge in [0.25, 0.3) is 0 Å². The van der Waals surface area contributed by atoms with Gasteiger partial charge in [0.15, 0.2) is 0 Å². The van der Waals surface area contributed by atoms with Crippen molar-refractivity contribution in [3.63, 3.8) is 0 Å². The van der Waals surface area contributed by atoms with Crippen LogP contribution in [0.3, 0.4) is 0 Å². The molecule has 1 aromatic carbocycles. The molecule has 0 amide bonds. The standard InChI is InChI=1S/C7H7O.CH3.BrH.Mg/c1-8-7-5-3-2-4-6-7;;;/h3-6H,1H3;1H3;1H;. The number of rotatable bonds is 2. The van der Waals surface area contributed by atoms with Gasteiger partial charge in [-0.15, -0.1) is 22.0 Å². The highest BCUT2D eigenvalue weighted by molar-refractivity contribution is 8.93. The number of methoxy groups -OCH3 is 1. The minimum atomic E-state index is 0. The van der Waals surface area contributed by atoms with Gasteiger partial charge < -0.3 is 4.74 Å². The van der Waals surface area contributed by atoms with Gasteiger partial charge in [0.05, 0.1) is 7.11 Å². The van der Waals surface area contributed by atoms with Crippen LogP contribution in [0.1, 0.15) is 0 Å². The van der Waals surface area contributed by atoms with Crippen LogP contribution < -0.4 is 8.43 Å². The van der Waals surface area contributed by atoms with Crippen LogP contribution in [0.2, 0.25) is 5.05 Å². The predicted molar refractivity (Wildman–Crippen MR) is 54.6 cm³/mol. The van der Waals surface area contributed by atoms with Crippen LogP contribution in [0.15, 0.2) is 24.3 Å². The second-order valence-corrected chi connectivity index (χ2v) is 3.73. The van der Waals surface area contributed by atoms with Gasteiger partial charge in [0, 0.05) is 0 Å². The van der Waals surface area contributed by atoms with Gasteiger partial charge in [0.1, 0.15) is 5.75 Å². The molecule has 0 radical (unpaired) electrons. The molecule has 0 heterocycles. The minimum absolute atomic E-state index is 0. The van der Waals surface area contributed by atoms with Crippen molar-refractivity contribution in [2.45, 2.75) is 5.05 Å². The first-order valence-corrected chi connectivity index (χ1v) is 5.62. The summed E-state index contributed by atoms with van der Waals surface area (Å²) in [5.41, 5.74) is 0. The Morgan fingerprint density at radius 2 is 1.73 bits per heavy atom. The third-order valence-corrected chi connectivity index (χ3v) is 2.86. The van der Waals surface area contributed by atoms with Crippen molar-refractivity contribution in [3.8, 4) is 5.75 Å². The summed E-state index contributed by atoms with van der Waals surface area (Å²) in [5, 5.41) is 2.28. The van der Waals surface area contributed by atoms with Gasteiger partial charge >= 0.3 is 20.4 Å². The molecular formula is C8H11BrMgO. The lowest BCUT2D eigenvalue weighted by Crippen LogP contribution is -2.08. The Balaban J connectivity index is 0.000001000. The first kappa shape index (κ1) is 11.3. The molecule has 0 aliphatic rings. The molecule has 0 aliphatic heterocycles. The first-order chi connectivity index (χ1) is 4.86. The average Bonchev–Trinajstić information content (AvgIpc) is 2.05. The molecule has 0 aliphatic carbocycles. The van der Waals surface area contributed by atoms with Gasteiger partial charge in [-0.3, -0.25) is 0 Å². The topological polar surface area (TPSA) is 9.23 Å². The van der Waals surface area contributed by atoms with Crippen molar-refractivity contribution >= 4 is 41.0 Å². The van der Waals surface area contributed by atoms with Crippen molar-refractivity contribution in [2.75, 3.05) is 7.11 Å². The summed E-state index contributed by atoms with van der Waals surface area (Å²) >= 11 is 0.0121. The van der Waals surface area contributed by atoms with Crippen molar-refractivity contribution < 1.29 is 4.74 Å². The van der Waals surface area contributed by atoms with E-state index < -0.39 is 0 Å². The molecule has 0 saturated carbocycles. The van der Waals surface area contributed by atoms with Crippen LogP contribution in [0.5, 0.6) is 5.75 Å². The summed E-state index contributed by atoms with van der Waals surface area (Å²) in [6, 6.07) is 8.33. The lowest BCUT2D eigenvalue weighted by atomic mass is 10.3. The molecule has 0 bridgehead atoms. The average molecular weight is 227 g/mol. The van der Waals surface area contributed by atoms with Gasteiger partial charge in [-0.25, -0.2) is 0 Å². The molecule has 0 atom stereocenters. The van der Waals surface area contributed by atoms with Gasteiger partial charge in [-0.2, -0.15) is 3.69 Å². The molecule has 0 fully saturated rings. The molecule has 0 spiro atoms. The van der Waals surface area contributed by atoms with E-state index in [1.165, 1.54) is 3.69 Å². The van der Waals surface area contributed by atoms with Crippen LogP contribution in [0.25, 0.3) is 0 Å². The maximum atomic E-state index is 5.03. The molecule has 0 unspecified atom stereocenters. The lowest BCUT2D eigenvalue weighted by Gasteiger charge is -1.99. The molecule has 58 valence electrons. The maximum Gasteiger partial charge on any atom is 0.404 e. The molecule has 0 saturated heterocycles. The molecule has 1 nitrogen and oxygen atoms in total. The number of benzene rings is 1. The summed E-state index contributed by atoms with van der Waals surface area (Å²) < 4.78 is 6.52. The van der Waals surface area contributed by atoms with Crippen molar-refractivity contribution in [1.82, 2.24) is 0 Å². The Kier molecular flexibility index (Phi) is 6.00. The number of hydrogen-bond donors (Lipinski definition) is 0. The summed E-state index contributed by atoms with van der Waals surface area (Å²) in [5.74, 6) is 0.950. The third kappa shape index (κ3) is 3.45. The van der Waals surface area contributed by atoms with E-state index in [4.69, 9.17) is 4.74 Å². The summed E-state index contributed by atoms with van der Waals surface area (Å²) in [7, 11) is 1.69. The molecule has 3 heteroatoms. The van der Waals surface area contributed by atoms with E-state index in [2.05, 4.69) is 17.2 Å². The fourth-order valence-electron chi connectivity index (χ4n) is 0.861. The first-order valence-electron chi connectivity index (χ1n) is 3.49. The fourth-order valence-corrected chi connectivity index (χ4v) is 1.57. The number of halogens is 1. The quantitative estimate of drug-likeness (QED) is 0.698. The molecule has 1 aromatic rings. The maximum absolute atomic E-state index is 5.03. The van der Waals surface area contributed by atoms with E-state index in [0.717, 1.165) is 5.75 Å². The van der Waals surface area contributed by atoms with E-state index in [-0.39, 0.29) is 37.3 Å². The Bertz CT molecular complexity index is 175. The molecule has 0 aromatic heterocycles. The zero-order valence-corrected chi connectivity index (χ0v) is 9.96. The van der Waals surface area contributed by atoms with Crippen LogP contribution in [0.4, 0.5) is 0 Å². The largest absolute Gasteiger partial charge is 0.497 e. The van der Waals surface area contributed by atoms with Crippen LogP contribution in [-0.2, 0) is 0 Å². The Morgan fingerprint density at radius 3 is 2.09 bits per heavy atom. The van der Waals surface area contributed by atoms with E-state index >= 15 is 0 Å². The fraction of sp³-hybridized carbons (Fsp3) is 0.250. The zero-order valence-electron chi connectivity index (χ0n) is 6.83. The molecular weight excluding hydrogens is 216 g/mol. The minimum Gasteiger partial charge on any atom is -0.497 e. The van der Waals surface area contributed by atoms with Crippen molar-refractivity contribution in [2.24, 2.45) is 0 Å².